The molecule has 3 heteroatoms. The summed E-state index contributed by atoms with van der Waals surface area (Å²) >= 11 is 1.61. The van der Waals surface area contributed by atoms with Crippen molar-refractivity contribution in [3.8, 4) is 0 Å². The molecule has 1 rings (SSSR count). The van der Waals surface area contributed by atoms with Crippen LogP contribution in [0, 0.1) is 5.92 Å². The third-order valence-electron chi connectivity index (χ3n) is 2.05. The van der Waals surface area contributed by atoms with Crippen LogP contribution in [0.25, 0.3) is 0 Å². The molecule has 0 saturated heterocycles. The van der Waals surface area contributed by atoms with Crippen LogP contribution in [0.5, 0.6) is 0 Å². The second kappa shape index (κ2) is 4.53. The van der Waals surface area contributed by atoms with Gasteiger partial charge in [-0.05, 0) is 28.3 Å². The van der Waals surface area contributed by atoms with Crippen LogP contribution in [0.4, 0.5) is 0 Å². The first-order valence-electron chi connectivity index (χ1n) is 4.40. The summed E-state index contributed by atoms with van der Waals surface area (Å²) in [5.74, 6) is 0.361. The topological polar surface area (TPSA) is 43.1 Å². The van der Waals surface area contributed by atoms with E-state index in [4.69, 9.17) is 5.73 Å². The lowest BCUT2D eigenvalue weighted by Gasteiger charge is -2.13. The fraction of sp³-hybridized carbons (Fsp3) is 0.500. The largest absolute Gasteiger partial charge is 0.321 e. The molecule has 2 N–H and O–H groups in total. The Morgan fingerprint density at radius 1 is 1.62 bits per heavy atom. The second-order valence-electron chi connectivity index (χ2n) is 3.54. The molecule has 2 nitrogen and oxygen atoms in total. The smallest absolute Gasteiger partial charge is 0.154 e. The molecule has 1 aromatic rings. The van der Waals surface area contributed by atoms with Crippen LogP contribution in [-0.4, -0.2) is 11.8 Å². The van der Waals surface area contributed by atoms with Crippen molar-refractivity contribution in [3.05, 3.63) is 22.4 Å². The first kappa shape index (κ1) is 10.4. The summed E-state index contributed by atoms with van der Waals surface area (Å²) in [6, 6.07) is 1.65. The molecule has 0 spiro atoms. The highest BCUT2D eigenvalue weighted by molar-refractivity contribution is 7.07. The van der Waals surface area contributed by atoms with Crippen molar-refractivity contribution < 1.29 is 4.79 Å². The van der Waals surface area contributed by atoms with Crippen LogP contribution >= 0.6 is 11.3 Å². The van der Waals surface area contributed by atoms with E-state index in [1.165, 1.54) is 0 Å². The minimum absolute atomic E-state index is 0.133. The highest BCUT2D eigenvalue weighted by Crippen LogP contribution is 2.09. The third-order valence-corrected chi connectivity index (χ3v) is 2.78. The van der Waals surface area contributed by atoms with Gasteiger partial charge in [0.05, 0.1) is 6.04 Å². The zero-order valence-electron chi connectivity index (χ0n) is 7.99. The van der Waals surface area contributed by atoms with Crippen LogP contribution in [0.3, 0.4) is 0 Å². The van der Waals surface area contributed by atoms with Crippen LogP contribution in [0.1, 0.15) is 19.4 Å². The van der Waals surface area contributed by atoms with Gasteiger partial charge in [-0.25, -0.2) is 0 Å². The number of carbonyl (C=O) groups excluding carboxylic acids is 1. The minimum Gasteiger partial charge on any atom is -0.321 e. The van der Waals surface area contributed by atoms with Crippen molar-refractivity contribution in [2.45, 2.75) is 26.3 Å². The highest BCUT2D eigenvalue weighted by Gasteiger charge is 2.17. The molecule has 0 radical (unpaired) electrons. The number of Topliss-reactive ketones (excluding diaryl/α,β-unsaturated/α-hetero) is 1. The summed E-state index contributed by atoms with van der Waals surface area (Å²) in [7, 11) is 0. The van der Waals surface area contributed by atoms with E-state index in [1.54, 1.807) is 11.3 Å². The van der Waals surface area contributed by atoms with Crippen LogP contribution < -0.4 is 5.73 Å². The summed E-state index contributed by atoms with van der Waals surface area (Å²) < 4.78 is 0. The molecule has 72 valence electrons. The maximum Gasteiger partial charge on any atom is 0.154 e. The molecule has 0 amide bonds. The zero-order chi connectivity index (χ0) is 9.84. The first-order valence-corrected chi connectivity index (χ1v) is 5.35. The van der Waals surface area contributed by atoms with Crippen molar-refractivity contribution in [2.24, 2.45) is 11.7 Å². The Labute approximate surface area is 82.8 Å². The number of hydrogen-bond acceptors (Lipinski definition) is 3. The van der Waals surface area contributed by atoms with Crippen LogP contribution in [0.2, 0.25) is 0 Å². The van der Waals surface area contributed by atoms with Gasteiger partial charge in [0.1, 0.15) is 0 Å². The number of hydrogen-bond donors (Lipinski definition) is 1. The standard InChI is InChI=1S/C10H15NOS/c1-7(2)10(11)9(12)5-8-3-4-13-6-8/h3-4,6-7,10H,5,11H2,1-2H3. The second-order valence-corrected chi connectivity index (χ2v) is 4.32. The summed E-state index contributed by atoms with van der Waals surface area (Å²) in [5.41, 5.74) is 6.81. The van der Waals surface area contributed by atoms with E-state index in [-0.39, 0.29) is 17.7 Å². The highest BCUT2D eigenvalue weighted by atomic mass is 32.1. The van der Waals surface area contributed by atoms with E-state index in [0.717, 1.165) is 5.56 Å². The van der Waals surface area contributed by atoms with Gasteiger partial charge in [0.25, 0.3) is 0 Å². The molecule has 0 aliphatic carbocycles. The average molecular weight is 197 g/mol. The van der Waals surface area contributed by atoms with Gasteiger partial charge < -0.3 is 5.73 Å². The Morgan fingerprint density at radius 3 is 2.77 bits per heavy atom. The van der Waals surface area contributed by atoms with E-state index in [9.17, 15) is 4.79 Å². The summed E-state index contributed by atoms with van der Waals surface area (Å²) in [6.07, 6.45) is 0.475. The lowest BCUT2D eigenvalue weighted by atomic mass is 9.97. The predicted molar refractivity (Wildman–Crippen MR) is 55.8 cm³/mol. The van der Waals surface area contributed by atoms with Crippen molar-refractivity contribution in [1.82, 2.24) is 0 Å². The molecule has 1 atom stereocenters. The van der Waals surface area contributed by atoms with Gasteiger partial charge in [-0.1, -0.05) is 13.8 Å². The molecule has 0 bridgehead atoms. The van der Waals surface area contributed by atoms with E-state index in [0.29, 0.717) is 6.42 Å². The van der Waals surface area contributed by atoms with Gasteiger partial charge >= 0.3 is 0 Å². The molecule has 0 fully saturated rings. The molecule has 0 aliphatic heterocycles. The average Bonchev–Trinajstić information content (AvgIpc) is 2.55. The number of rotatable bonds is 4. The van der Waals surface area contributed by atoms with Gasteiger partial charge in [0, 0.05) is 6.42 Å². The van der Waals surface area contributed by atoms with Gasteiger partial charge in [0.2, 0.25) is 0 Å². The molecular formula is C10H15NOS. The van der Waals surface area contributed by atoms with E-state index < -0.39 is 0 Å². The van der Waals surface area contributed by atoms with Crippen molar-refractivity contribution in [3.63, 3.8) is 0 Å². The summed E-state index contributed by atoms with van der Waals surface area (Å²) in [4.78, 5) is 11.5. The monoisotopic (exact) mass is 197 g/mol. The molecule has 13 heavy (non-hydrogen) atoms. The Morgan fingerprint density at radius 2 is 2.31 bits per heavy atom. The van der Waals surface area contributed by atoms with Crippen LogP contribution in [-0.2, 0) is 11.2 Å². The lowest BCUT2D eigenvalue weighted by Crippen LogP contribution is -2.36. The maximum absolute atomic E-state index is 11.5. The fourth-order valence-electron chi connectivity index (χ4n) is 1.08. The van der Waals surface area contributed by atoms with Crippen molar-refractivity contribution in [2.75, 3.05) is 0 Å². The number of carbonyl (C=O) groups is 1. The normalized spacial score (nSPS) is 13.2. The van der Waals surface area contributed by atoms with Gasteiger partial charge in [-0.2, -0.15) is 11.3 Å². The Kier molecular flexibility index (Phi) is 3.63. The fourth-order valence-corrected chi connectivity index (χ4v) is 1.75. The Balaban J connectivity index is 2.51. The number of ketones is 1. The predicted octanol–water partition coefficient (Wildman–Crippen LogP) is 1.84. The maximum atomic E-state index is 11.5. The molecule has 0 aliphatic rings. The van der Waals surface area contributed by atoms with E-state index in [1.807, 2.05) is 30.7 Å². The summed E-state index contributed by atoms with van der Waals surface area (Å²) in [6.45, 7) is 3.94. The first-order chi connectivity index (χ1) is 6.11. The Bertz CT molecular complexity index is 266. The molecule has 1 aromatic heterocycles. The molecule has 1 unspecified atom stereocenters. The number of nitrogens with two attached hydrogens (primary N) is 1. The molecule has 1 heterocycles. The molecule has 0 saturated carbocycles. The summed E-state index contributed by atoms with van der Waals surface area (Å²) in [5, 5.41) is 3.97. The Hall–Kier alpha value is -0.670. The van der Waals surface area contributed by atoms with Crippen molar-refractivity contribution in [1.29, 1.82) is 0 Å². The molecule has 0 aromatic carbocycles. The quantitative estimate of drug-likeness (QED) is 0.800. The number of thiophene rings is 1. The third kappa shape index (κ3) is 2.94. The lowest BCUT2D eigenvalue weighted by molar-refractivity contribution is -0.120. The van der Waals surface area contributed by atoms with Gasteiger partial charge in [-0.15, -0.1) is 0 Å². The SMILES string of the molecule is CC(C)C(N)C(=O)Cc1ccsc1. The minimum atomic E-state index is -0.320. The van der Waals surface area contributed by atoms with Crippen LogP contribution in [0.15, 0.2) is 16.8 Å². The van der Waals surface area contributed by atoms with Gasteiger partial charge in [-0.3, -0.25) is 4.79 Å². The van der Waals surface area contributed by atoms with E-state index in [2.05, 4.69) is 0 Å². The van der Waals surface area contributed by atoms with E-state index >= 15 is 0 Å². The van der Waals surface area contributed by atoms with Crippen molar-refractivity contribution >= 4 is 17.1 Å². The van der Waals surface area contributed by atoms with Gasteiger partial charge in [0.15, 0.2) is 5.78 Å². The zero-order valence-corrected chi connectivity index (χ0v) is 8.80. The molecular weight excluding hydrogens is 182 g/mol.